The molecule has 122 valence electrons. The average molecular weight is 341 g/mol. The van der Waals surface area contributed by atoms with Gasteiger partial charge in [0.05, 0.1) is 11.0 Å². The Kier molecular flexibility index (Phi) is 3.57. The highest BCUT2D eigenvalue weighted by molar-refractivity contribution is 6.32. The molecule has 1 aliphatic heterocycles. The van der Waals surface area contributed by atoms with Gasteiger partial charge in [0.25, 0.3) is 5.69 Å². The lowest BCUT2D eigenvalue weighted by atomic mass is 9.76. The van der Waals surface area contributed by atoms with Crippen LogP contribution in [0.3, 0.4) is 0 Å². The number of fused-ring (bicyclic) bond motifs is 3. The van der Waals surface area contributed by atoms with Gasteiger partial charge in [-0.15, -0.1) is 0 Å². The Balaban J connectivity index is 1.79. The Morgan fingerprint density at radius 3 is 2.88 bits per heavy atom. The monoisotopic (exact) mass is 340 g/mol. The van der Waals surface area contributed by atoms with Gasteiger partial charge in [0.15, 0.2) is 0 Å². The van der Waals surface area contributed by atoms with E-state index >= 15 is 0 Å². The molecular weight excluding hydrogens is 324 g/mol. The fourth-order valence-corrected chi connectivity index (χ4v) is 4.09. The van der Waals surface area contributed by atoms with E-state index in [1.807, 2.05) is 6.07 Å². The molecule has 24 heavy (non-hydrogen) atoms. The molecule has 4 nitrogen and oxygen atoms in total. The smallest absolute Gasteiger partial charge is 0.288 e. The number of rotatable bonds is 2. The van der Waals surface area contributed by atoms with Crippen LogP contribution >= 0.6 is 11.6 Å². The maximum absolute atomic E-state index is 11.2. The Labute approximate surface area is 145 Å². The minimum Gasteiger partial charge on any atom is -0.378 e. The zero-order chi connectivity index (χ0) is 16.8. The van der Waals surface area contributed by atoms with Gasteiger partial charge in [-0.25, -0.2) is 0 Å². The molecule has 1 N–H and O–H groups in total. The molecule has 0 spiro atoms. The van der Waals surface area contributed by atoms with Crippen LogP contribution in [0.2, 0.25) is 5.02 Å². The van der Waals surface area contributed by atoms with Crippen LogP contribution in [0.1, 0.15) is 35.1 Å². The third kappa shape index (κ3) is 2.38. The lowest BCUT2D eigenvalue weighted by molar-refractivity contribution is -0.384. The molecule has 0 saturated carbocycles. The fourth-order valence-electron chi connectivity index (χ4n) is 3.91. The molecule has 0 bridgehead atoms. The van der Waals surface area contributed by atoms with E-state index in [-0.39, 0.29) is 16.8 Å². The summed E-state index contributed by atoms with van der Waals surface area (Å²) in [6.07, 6.45) is 5.44. The van der Waals surface area contributed by atoms with Gasteiger partial charge in [0.1, 0.15) is 5.02 Å². The quantitative estimate of drug-likeness (QED) is 0.453. The molecule has 0 fully saturated rings. The Bertz CT molecular complexity index is 862. The number of nitro benzene ring substituents is 1. The van der Waals surface area contributed by atoms with Gasteiger partial charge >= 0.3 is 0 Å². The van der Waals surface area contributed by atoms with Crippen molar-refractivity contribution in [3.8, 4) is 0 Å². The Morgan fingerprint density at radius 1 is 1.25 bits per heavy atom. The number of nitro groups is 1. The van der Waals surface area contributed by atoms with E-state index in [1.165, 1.54) is 11.1 Å². The lowest BCUT2D eigenvalue weighted by Crippen LogP contribution is -2.29. The van der Waals surface area contributed by atoms with E-state index in [1.54, 1.807) is 12.1 Å². The Hall–Kier alpha value is -2.33. The first-order chi connectivity index (χ1) is 11.5. The van der Waals surface area contributed by atoms with E-state index < -0.39 is 4.92 Å². The summed E-state index contributed by atoms with van der Waals surface area (Å²) >= 11 is 5.97. The number of anilines is 1. The van der Waals surface area contributed by atoms with E-state index in [0.717, 1.165) is 17.7 Å². The topological polar surface area (TPSA) is 55.2 Å². The number of aryl methyl sites for hydroxylation is 1. The van der Waals surface area contributed by atoms with Crippen molar-refractivity contribution >= 4 is 23.0 Å². The average Bonchev–Trinajstić information content (AvgIpc) is 3.04. The summed E-state index contributed by atoms with van der Waals surface area (Å²) in [6.45, 7) is 2.10. The molecule has 2 aromatic carbocycles. The molecule has 5 heteroatoms. The summed E-state index contributed by atoms with van der Waals surface area (Å²) in [6, 6.07) is 11.6. The number of halogens is 1. The summed E-state index contributed by atoms with van der Waals surface area (Å²) in [5, 5.41) is 15.0. The highest BCUT2D eigenvalue weighted by Gasteiger charge is 2.38. The Morgan fingerprint density at radius 2 is 2.08 bits per heavy atom. The van der Waals surface area contributed by atoms with Crippen molar-refractivity contribution in [2.75, 3.05) is 5.32 Å². The maximum atomic E-state index is 11.2. The summed E-state index contributed by atoms with van der Waals surface area (Å²) in [7, 11) is 0. The van der Waals surface area contributed by atoms with Crippen LogP contribution in [0.5, 0.6) is 0 Å². The zero-order valence-corrected chi connectivity index (χ0v) is 14.0. The van der Waals surface area contributed by atoms with E-state index in [4.69, 9.17) is 11.6 Å². The molecule has 2 aromatic rings. The first kappa shape index (κ1) is 15.2. The summed E-state index contributed by atoms with van der Waals surface area (Å²) < 4.78 is 0. The SMILES string of the molecule is Cc1ccc2c(c1)[C@@H]1C=CC[C@H]1[C@H](c1ccc(Cl)c([N+](=O)[O-])c1)N2. The molecule has 2 aliphatic rings. The highest BCUT2D eigenvalue weighted by Crippen LogP contribution is 2.50. The van der Waals surface area contributed by atoms with Crippen molar-refractivity contribution in [2.24, 2.45) is 5.92 Å². The second-order valence-corrected chi connectivity index (χ2v) is 6.94. The normalized spacial score (nSPS) is 24.2. The number of hydrogen-bond acceptors (Lipinski definition) is 3. The summed E-state index contributed by atoms with van der Waals surface area (Å²) in [4.78, 5) is 10.8. The van der Waals surface area contributed by atoms with Gasteiger partial charge < -0.3 is 5.32 Å². The predicted octanol–water partition coefficient (Wildman–Crippen LogP) is 5.38. The van der Waals surface area contributed by atoms with Gasteiger partial charge in [-0.3, -0.25) is 10.1 Å². The van der Waals surface area contributed by atoms with Crippen LogP contribution in [0, 0.1) is 23.0 Å². The molecule has 0 radical (unpaired) electrons. The number of nitrogens with zero attached hydrogens (tertiary/aromatic N) is 1. The van der Waals surface area contributed by atoms with Gasteiger partial charge in [0.2, 0.25) is 0 Å². The first-order valence-corrected chi connectivity index (χ1v) is 8.40. The van der Waals surface area contributed by atoms with E-state index in [2.05, 4.69) is 42.6 Å². The van der Waals surface area contributed by atoms with Crippen LogP contribution in [0.25, 0.3) is 0 Å². The third-order valence-electron chi connectivity index (χ3n) is 5.04. The molecule has 3 atom stereocenters. The van der Waals surface area contributed by atoms with Crippen LogP contribution < -0.4 is 5.32 Å². The van der Waals surface area contributed by atoms with Gasteiger partial charge in [-0.2, -0.15) is 0 Å². The van der Waals surface area contributed by atoms with E-state index in [0.29, 0.717) is 11.8 Å². The van der Waals surface area contributed by atoms with Gasteiger partial charge in [-0.1, -0.05) is 47.5 Å². The molecular formula is C19H17ClN2O2. The van der Waals surface area contributed by atoms with Crippen molar-refractivity contribution in [1.29, 1.82) is 0 Å². The second-order valence-electron chi connectivity index (χ2n) is 6.53. The van der Waals surface area contributed by atoms with Crippen LogP contribution in [-0.4, -0.2) is 4.92 Å². The predicted molar refractivity (Wildman–Crippen MR) is 95.6 cm³/mol. The van der Waals surface area contributed by atoms with Crippen molar-refractivity contribution in [1.82, 2.24) is 0 Å². The minimum absolute atomic E-state index is 0.0341. The molecule has 1 heterocycles. The fraction of sp³-hybridized carbons (Fsp3) is 0.263. The molecule has 1 aliphatic carbocycles. The van der Waals surface area contributed by atoms with Gasteiger partial charge in [-0.05, 0) is 42.5 Å². The largest absolute Gasteiger partial charge is 0.378 e. The minimum atomic E-state index is -0.420. The summed E-state index contributed by atoms with van der Waals surface area (Å²) in [5.41, 5.74) is 4.55. The van der Waals surface area contributed by atoms with Crippen LogP contribution in [0.4, 0.5) is 11.4 Å². The first-order valence-electron chi connectivity index (χ1n) is 8.02. The number of nitrogens with one attached hydrogen (secondary N) is 1. The maximum Gasteiger partial charge on any atom is 0.288 e. The summed E-state index contributed by atoms with van der Waals surface area (Å²) in [5.74, 6) is 0.709. The van der Waals surface area contributed by atoms with Crippen molar-refractivity contribution in [2.45, 2.75) is 25.3 Å². The van der Waals surface area contributed by atoms with Crippen molar-refractivity contribution in [3.63, 3.8) is 0 Å². The number of hydrogen-bond donors (Lipinski definition) is 1. The van der Waals surface area contributed by atoms with Crippen LogP contribution in [-0.2, 0) is 0 Å². The lowest BCUT2D eigenvalue weighted by Gasteiger charge is -2.37. The molecule has 0 amide bonds. The van der Waals surface area contributed by atoms with E-state index in [9.17, 15) is 10.1 Å². The molecule has 4 rings (SSSR count). The molecule has 0 unspecified atom stereocenters. The zero-order valence-electron chi connectivity index (χ0n) is 13.2. The number of benzene rings is 2. The second kappa shape index (κ2) is 5.64. The highest BCUT2D eigenvalue weighted by atomic mass is 35.5. The standard InChI is InChI=1S/C19H17ClN2O2/c1-11-5-8-17-15(9-11)13-3-2-4-14(13)19(21-17)12-6-7-16(20)18(10-12)22(23)24/h2-3,5-10,13-14,19,21H,4H2,1H3/t13-,14-,19+/m1/s1. The van der Waals surface area contributed by atoms with Gasteiger partial charge in [0, 0.05) is 17.7 Å². The van der Waals surface area contributed by atoms with Crippen molar-refractivity contribution in [3.05, 3.63) is 80.4 Å². The number of allylic oxidation sites excluding steroid dienone is 2. The van der Waals surface area contributed by atoms with Crippen LogP contribution in [0.15, 0.2) is 48.6 Å². The molecule has 0 aromatic heterocycles. The molecule has 0 saturated heterocycles. The van der Waals surface area contributed by atoms with Crippen molar-refractivity contribution < 1.29 is 4.92 Å². The third-order valence-corrected chi connectivity index (χ3v) is 5.36.